The summed E-state index contributed by atoms with van der Waals surface area (Å²) in [7, 11) is 1.68. The number of rotatable bonds is 3. The fourth-order valence-corrected chi connectivity index (χ4v) is 2.56. The summed E-state index contributed by atoms with van der Waals surface area (Å²) in [5.41, 5.74) is 5.99. The largest absolute Gasteiger partial charge is 0.496 e. The van der Waals surface area contributed by atoms with Crippen LogP contribution in [0.3, 0.4) is 0 Å². The lowest BCUT2D eigenvalue weighted by Gasteiger charge is -2.10. The van der Waals surface area contributed by atoms with Crippen molar-refractivity contribution < 1.29 is 4.74 Å². The lowest BCUT2D eigenvalue weighted by Crippen LogP contribution is -2.06. The summed E-state index contributed by atoms with van der Waals surface area (Å²) >= 11 is 1.57. The van der Waals surface area contributed by atoms with Gasteiger partial charge in [0.05, 0.1) is 7.11 Å². The number of methoxy groups -OCH3 is 1. The van der Waals surface area contributed by atoms with Crippen molar-refractivity contribution in [3.05, 3.63) is 28.6 Å². The molecule has 0 atom stereocenters. The van der Waals surface area contributed by atoms with Gasteiger partial charge in [0.25, 0.3) is 0 Å². The Labute approximate surface area is 104 Å². The first kappa shape index (κ1) is 11.9. The SMILES string of the molecule is COc1ccc(-c2nc(NN)cs2)c(C)c1C. The first-order chi connectivity index (χ1) is 8.17. The summed E-state index contributed by atoms with van der Waals surface area (Å²) in [6, 6.07) is 3.99. The van der Waals surface area contributed by atoms with Crippen molar-refractivity contribution in [3.8, 4) is 16.3 Å². The number of nitrogens with one attached hydrogen (secondary N) is 1. The molecule has 0 saturated carbocycles. The van der Waals surface area contributed by atoms with Gasteiger partial charge < -0.3 is 10.2 Å². The van der Waals surface area contributed by atoms with Crippen LogP contribution in [0.25, 0.3) is 10.6 Å². The monoisotopic (exact) mass is 249 g/mol. The topological polar surface area (TPSA) is 60.2 Å². The molecule has 0 radical (unpaired) electrons. The van der Waals surface area contributed by atoms with E-state index >= 15 is 0 Å². The second kappa shape index (κ2) is 4.73. The van der Waals surface area contributed by atoms with Crippen molar-refractivity contribution in [3.63, 3.8) is 0 Å². The van der Waals surface area contributed by atoms with Gasteiger partial charge >= 0.3 is 0 Å². The molecule has 0 aliphatic rings. The molecule has 2 rings (SSSR count). The number of nitrogen functional groups attached to an aromatic ring is 1. The van der Waals surface area contributed by atoms with E-state index in [0.717, 1.165) is 21.9 Å². The van der Waals surface area contributed by atoms with E-state index in [0.29, 0.717) is 5.82 Å². The van der Waals surface area contributed by atoms with E-state index in [1.165, 1.54) is 5.56 Å². The van der Waals surface area contributed by atoms with Crippen LogP contribution < -0.4 is 16.0 Å². The van der Waals surface area contributed by atoms with Crippen LogP contribution in [0.15, 0.2) is 17.5 Å². The molecule has 1 aromatic heterocycles. The number of thiazole rings is 1. The van der Waals surface area contributed by atoms with Gasteiger partial charge in [0.15, 0.2) is 5.82 Å². The Morgan fingerprint density at radius 1 is 1.29 bits per heavy atom. The highest BCUT2D eigenvalue weighted by atomic mass is 32.1. The summed E-state index contributed by atoms with van der Waals surface area (Å²) in [6.07, 6.45) is 0. The summed E-state index contributed by atoms with van der Waals surface area (Å²) < 4.78 is 5.29. The molecule has 0 saturated heterocycles. The standard InChI is InChI=1S/C12H15N3OS/c1-7-8(2)10(16-3)5-4-9(7)12-14-11(15-13)6-17-12/h4-6,15H,13H2,1-3H3. The first-order valence-electron chi connectivity index (χ1n) is 5.24. The predicted octanol–water partition coefficient (Wildman–Crippen LogP) is 2.72. The number of anilines is 1. The average Bonchev–Trinajstić information content (AvgIpc) is 2.81. The zero-order valence-corrected chi connectivity index (χ0v) is 10.9. The Kier molecular flexibility index (Phi) is 3.31. The molecule has 4 nitrogen and oxygen atoms in total. The number of hydrogen-bond acceptors (Lipinski definition) is 5. The third-order valence-electron chi connectivity index (χ3n) is 2.84. The lowest BCUT2D eigenvalue weighted by molar-refractivity contribution is 0.411. The maximum Gasteiger partial charge on any atom is 0.151 e. The van der Waals surface area contributed by atoms with Crippen molar-refractivity contribution in [1.82, 2.24) is 4.98 Å². The normalized spacial score (nSPS) is 10.4. The minimum absolute atomic E-state index is 0.692. The molecule has 0 amide bonds. The van der Waals surface area contributed by atoms with Crippen molar-refractivity contribution >= 4 is 17.2 Å². The molecular formula is C12H15N3OS. The first-order valence-corrected chi connectivity index (χ1v) is 6.12. The molecule has 1 aromatic carbocycles. The molecule has 0 unspecified atom stereocenters. The Bertz CT molecular complexity index is 537. The van der Waals surface area contributed by atoms with Crippen molar-refractivity contribution in [2.45, 2.75) is 13.8 Å². The maximum absolute atomic E-state index is 5.33. The van der Waals surface area contributed by atoms with Gasteiger partial charge in [-0.25, -0.2) is 10.8 Å². The van der Waals surface area contributed by atoms with Crippen LogP contribution >= 0.6 is 11.3 Å². The summed E-state index contributed by atoms with van der Waals surface area (Å²) in [4.78, 5) is 4.40. The fraction of sp³-hybridized carbons (Fsp3) is 0.250. The number of nitrogens with two attached hydrogens (primary N) is 1. The molecule has 5 heteroatoms. The lowest BCUT2D eigenvalue weighted by atomic mass is 10.0. The zero-order valence-electron chi connectivity index (χ0n) is 10.1. The van der Waals surface area contributed by atoms with Crippen LogP contribution in [0.5, 0.6) is 5.75 Å². The Morgan fingerprint density at radius 2 is 2.06 bits per heavy atom. The molecule has 17 heavy (non-hydrogen) atoms. The molecule has 0 spiro atoms. The van der Waals surface area contributed by atoms with Crippen LogP contribution in [0.2, 0.25) is 0 Å². The molecule has 1 heterocycles. The Balaban J connectivity index is 2.49. The Hall–Kier alpha value is -1.59. The molecule has 2 aromatic rings. The highest BCUT2D eigenvalue weighted by Crippen LogP contribution is 2.33. The predicted molar refractivity (Wildman–Crippen MR) is 71.4 cm³/mol. The highest BCUT2D eigenvalue weighted by Gasteiger charge is 2.11. The molecule has 0 bridgehead atoms. The van der Waals surface area contributed by atoms with Gasteiger partial charge in [-0.2, -0.15) is 0 Å². The third kappa shape index (κ3) is 2.11. The minimum atomic E-state index is 0.692. The van der Waals surface area contributed by atoms with Gasteiger partial charge in [0, 0.05) is 10.9 Å². The molecule has 90 valence electrons. The third-order valence-corrected chi connectivity index (χ3v) is 3.72. The highest BCUT2D eigenvalue weighted by molar-refractivity contribution is 7.13. The van der Waals surface area contributed by atoms with Gasteiger partial charge in [0.2, 0.25) is 0 Å². The maximum atomic E-state index is 5.33. The van der Waals surface area contributed by atoms with Gasteiger partial charge in [-0.05, 0) is 37.1 Å². The van der Waals surface area contributed by atoms with Crippen molar-refractivity contribution in [2.24, 2.45) is 5.84 Å². The number of hydrazine groups is 1. The quantitative estimate of drug-likeness (QED) is 0.648. The van der Waals surface area contributed by atoms with E-state index < -0.39 is 0 Å². The summed E-state index contributed by atoms with van der Waals surface area (Å²) in [5, 5.41) is 2.86. The van der Waals surface area contributed by atoms with E-state index in [1.54, 1.807) is 18.4 Å². The van der Waals surface area contributed by atoms with Crippen LogP contribution in [0.4, 0.5) is 5.82 Å². The van der Waals surface area contributed by atoms with Crippen LogP contribution in [0, 0.1) is 13.8 Å². The van der Waals surface area contributed by atoms with Crippen LogP contribution in [-0.4, -0.2) is 12.1 Å². The van der Waals surface area contributed by atoms with E-state index in [-0.39, 0.29) is 0 Å². The zero-order chi connectivity index (χ0) is 12.4. The molecule has 3 N–H and O–H groups in total. The summed E-state index contributed by atoms with van der Waals surface area (Å²) in [6.45, 7) is 4.12. The minimum Gasteiger partial charge on any atom is -0.496 e. The van der Waals surface area contributed by atoms with E-state index in [9.17, 15) is 0 Å². The smallest absolute Gasteiger partial charge is 0.151 e. The van der Waals surface area contributed by atoms with Crippen molar-refractivity contribution in [2.75, 3.05) is 12.5 Å². The number of ether oxygens (including phenoxy) is 1. The van der Waals surface area contributed by atoms with Gasteiger partial charge in [0.1, 0.15) is 10.8 Å². The van der Waals surface area contributed by atoms with Crippen LogP contribution in [0.1, 0.15) is 11.1 Å². The van der Waals surface area contributed by atoms with E-state index in [4.69, 9.17) is 10.6 Å². The molecule has 0 aliphatic heterocycles. The molecule has 0 aliphatic carbocycles. The Morgan fingerprint density at radius 3 is 2.65 bits per heavy atom. The van der Waals surface area contributed by atoms with Crippen molar-refractivity contribution in [1.29, 1.82) is 0 Å². The number of aromatic nitrogens is 1. The summed E-state index contributed by atoms with van der Waals surface area (Å²) in [5.74, 6) is 6.92. The van der Waals surface area contributed by atoms with Gasteiger partial charge in [-0.3, -0.25) is 0 Å². The fourth-order valence-electron chi connectivity index (χ4n) is 1.71. The second-order valence-electron chi connectivity index (χ2n) is 3.75. The average molecular weight is 249 g/mol. The van der Waals surface area contributed by atoms with Gasteiger partial charge in [-0.15, -0.1) is 11.3 Å². The molecular weight excluding hydrogens is 234 g/mol. The number of benzene rings is 1. The number of nitrogens with zero attached hydrogens (tertiary/aromatic N) is 1. The molecule has 0 fully saturated rings. The van der Waals surface area contributed by atoms with E-state index in [2.05, 4.69) is 17.3 Å². The second-order valence-corrected chi connectivity index (χ2v) is 4.61. The van der Waals surface area contributed by atoms with Gasteiger partial charge in [-0.1, -0.05) is 0 Å². The van der Waals surface area contributed by atoms with E-state index in [1.807, 2.05) is 24.4 Å². The van der Waals surface area contributed by atoms with Crippen LogP contribution in [-0.2, 0) is 0 Å². The number of hydrogen-bond donors (Lipinski definition) is 2.